The van der Waals surface area contributed by atoms with Gasteiger partial charge in [0.2, 0.25) is 0 Å². The van der Waals surface area contributed by atoms with Gasteiger partial charge in [0.15, 0.2) is 0 Å². The second-order valence-corrected chi connectivity index (χ2v) is 3.31. The van der Waals surface area contributed by atoms with Crippen LogP contribution in [0.3, 0.4) is 0 Å². The molecule has 3 nitrogen and oxygen atoms in total. The number of rotatable bonds is 4. The molecule has 0 spiro atoms. The second-order valence-electron chi connectivity index (χ2n) is 3.31. The number of hydrogen-bond acceptors (Lipinski definition) is 3. The van der Waals surface area contributed by atoms with Crippen LogP contribution in [0.1, 0.15) is 0 Å². The molecule has 0 atom stereocenters. The minimum absolute atomic E-state index is 0.0153. The highest BCUT2D eigenvalue weighted by molar-refractivity contribution is 5.69. The molecule has 1 N–H and O–H groups in total. The molecule has 0 unspecified atom stereocenters. The van der Waals surface area contributed by atoms with Gasteiger partial charge in [0.05, 0.1) is 6.61 Å². The Bertz CT molecular complexity index is 443. The fourth-order valence-corrected chi connectivity index (χ4v) is 1.51. The summed E-state index contributed by atoms with van der Waals surface area (Å²) in [5.74, 6) is 0.768. The van der Waals surface area contributed by atoms with E-state index in [1.165, 1.54) is 0 Å². The van der Waals surface area contributed by atoms with Crippen LogP contribution in [-0.4, -0.2) is 23.3 Å². The number of nitrogens with zero attached hydrogens (tertiary/aromatic N) is 1. The van der Waals surface area contributed by atoms with Gasteiger partial charge in [-0.05, 0) is 12.1 Å². The van der Waals surface area contributed by atoms with Crippen LogP contribution >= 0.6 is 0 Å². The van der Waals surface area contributed by atoms with Crippen molar-refractivity contribution in [2.75, 3.05) is 13.2 Å². The van der Waals surface area contributed by atoms with Gasteiger partial charge in [-0.2, -0.15) is 0 Å². The molecule has 0 radical (unpaired) electrons. The molecule has 2 rings (SSSR count). The summed E-state index contributed by atoms with van der Waals surface area (Å²) in [6.07, 6.45) is 3.53. The van der Waals surface area contributed by atoms with Crippen LogP contribution in [0, 0.1) is 0 Å². The molecule has 0 saturated heterocycles. The third-order valence-electron chi connectivity index (χ3n) is 2.21. The highest BCUT2D eigenvalue weighted by Gasteiger charge is 2.04. The molecule has 3 heteroatoms. The first kappa shape index (κ1) is 10.6. The lowest BCUT2D eigenvalue weighted by molar-refractivity contribution is 0.202. The van der Waals surface area contributed by atoms with E-state index in [1.54, 1.807) is 12.4 Å². The summed E-state index contributed by atoms with van der Waals surface area (Å²) in [4.78, 5) is 4.08. The number of aliphatic hydroxyl groups is 1. The lowest BCUT2D eigenvalue weighted by atomic mass is 10.1. The van der Waals surface area contributed by atoms with Crippen LogP contribution in [0.5, 0.6) is 5.75 Å². The third-order valence-corrected chi connectivity index (χ3v) is 2.21. The lowest BCUT2D eigenvalue weighted by Crippen LogP contribution is -2.02. The van der Waals surface area contributed by atoms with Gasteiger partial charge >= 0.3 is 0 Å². The number of aliphatic hydroxyl groups excluding tert-OH is 1. The average Bonchev–Trinajstić information content (AvgIpc) is 2.38. The summed E-state index contributed by atoms with van der Waals surface area (Å²) < 4.78 is 5.46. The molecule has 2 aromatic rings. The van der Waals surface area contributed by atoms with Gasteiger partial charge in [0, 0.05) is 23.5 Å². The molecule has 0 aliphatic rings. The minimum Gasteiger partial charge on any atom is -0.491 e. The maximum Gasteiger partial charge on any atom is 0.127 e. The van der Waals surface area contributed by atoms with Gasteiger partial charge in [-0.1, -0.05) is 24.3 Å². The van der Waals surface area contributed by atoms with Crippen molar-refractivity contribution in [2.24, 2.45) is 0 Å². The number of ether oxygens (including phenoxy) is 1. The Morgan fingerprint density at radius 3 is 2.75 bits per heavy atom. The van der Waals surface area contributed by atoms with E-state index >= 15 is 0 Å². The first-order valence-corrected chi connectivity index (χ1v) is 5.15. The number of para-hydroxylation sites is 1. The largest absolute Gasteiger partial charge is 0.491 e. The smallest absolute Gasteiger partial charge is 0.127 e. The van der Waals surface area contributed by atoms with Crippen molar-refractivity contribution in [3.63, 3.8) is 0 Å². The zero-order valence-corrected chi connectivity index (χ0v) is 8.84. The molecule has 1 aromatic carbocycles. The van der Waals surface area contributed by atoms with Crippen molar-refractivity contribution in [3.05, 3.63) is 48.8 Å². The summed E-state index contributed by atoms with van der Waals surface area (Å²) >= 11 is 0. The molecule has 82 valence electrons. The fourth-order valence-electron chi connectivity index (χ4n) is 1.51. The Kier molecular flexibility index (Phi) is 3.51. The molecular formula is C13H13NO2. The summed E-state index contributed by atoms with van der Waals surface area (Å²) in [5.41, 5.74) is 2.00. The summed E-state index contributed by atoms with van der Waals surface area (Å²) in [7, 11) is 0. The van der Waals surface area contributed by atoms with Gasteiger partial charge in [0.25, 0.3) is 0 Å². The molecule has 0 fully saturated rings. The molecule has 1 aromatic heterocycles. The van der Waals surface area contributed by atoms with E-state index in [0.717, 1.165) is 16.9 Å². The zero-order valence-electron chi connectivity index (χ0n) is 8.84. The van der Waals surface area contributed by atoms with Crippen LogP contribution in [0.25, 0.3) is 11.1 Å². The van der Waals surface area contributed by atoms with E-state index in [0.29, 0.717) is 6.61 Å². The number of benzene rings is 1. The topological polar surface area (TPSA) is 42.4 Å². The van der Waals surface area contributed by atoms with Crippen molar-refractivity contribution >= 4 is 0 Å². The molecule has 0 aliphatic carbocycles. The normalized spacial score (nSPS) is 10.1. The van der Waals surface area contributed by atoms with Crippen molar-refractivity contribution in [3.8, 4) is 16.9 Å². The summed E-state index contributed by atoms with van der Waals surface area (Å²) in [6, 6.07) is 11.6. The van der Waals surface area contributed by atoms with Crippen LogP contribution in [0.15, 0.2) is 48.8 Å². The second kappa shape index (κ2) is 5.28. The highest BCUT2D eigenvalue weighted by atomic mass is 16.5. The number of pyridine rings is 1. The molecule has 0 aliphatic heterocycles. The molecule has 16 heavy (non-hydrogen) atoms. The maximum atomic E-state index is 8.75. The predicted molar refractivity (Wildman–Crippen MR) is 62.3 cm³/mol. The highest BCUT2D eigenvalue weighted by Crippen LogP contribution is 2.28. The van der Waals surface area contributed by atoms with E-state index in [9.17, 15) is 0 Å². The monoisotopic (exact) mass is 215 g/mol. The van der Waals surface area contributed by atoms with Gasteiger partial charge in [-0.25, -0.2) is 0 Å². The van der Waals surface area contributed by atoms with E-state index in [1.807, 2.05) is 36.4 Å². The quantitative estimate of drug-likeness (QED) is 0.849. The summed E-state index contributed by atoms with van der Waals surface area (Å²) in [6.45, 7) is 0.318. The molecule has 0 amide bonds. The Morgan fingerprint density at radius 1 is 1.12 bits per heavy atom. The van der Waals surface area contributed by atoms with Crippen LogP contribution in [0.2, 0.25) is 0 Å². The number of aromatic nitrogens is 1. The van der Waals surface area contributed by atoms with Crippen LogP contribution in [0.4, 0.5) is 0 Å². The van der Waals surface area contributed by atoms with Crippen molar-refractivity contribution in [1.82, 2.24) is 4.98 Å². The van der Waals surface area contributed by atoms with Gasteiger partial charge < -0.3 is 9.84 Å². The van der Waals surface area contributed by atoms with E-state index < -0.39 is 0 Å². The Labute approximate surface area is 94.3 Å². The summed E-state index contributed by atoms with van der Waals surface area (Å²) in [5, 5.41) is 8.75. The van der Waals surface area contributed by atoms with Gasteiger partial charge in [-0.3, -0.25) is 4.98 Å². The average molecular weight is 215 g/mol. The SMILES string of the molecule is OCCOc1ccccc1-c1cccnc1. The predicted octanol–water partition coefficient (Wildman–Crippen LogP) is 2.12. The molecule has 0 saturated carbocycles. The maximum absolute atomic E-state index is 8.75. The minimum atomic E-state index is 0.0153. The van der Waals surface area contributed by atoms with Crippen molar-refractivity contribution in [2.45, 2.75) is 0 Å². The van der Waals surface area contributed by atoms with Gasteiger partial charge in [0.1, 0.15) is 12.4 Å². The molecule has 1 heterocycles. The zero-order chi connectivity index (χ0) is 11.2. The van der Waals surface area contributed by atoms with E-state index in [-0.39, 0.29) is 6.61 Å². The fraction of sp³-hybridized carbons (Fsp3) is 0.154. The number of hydrogen-bond donors (Lipinski definition) is 1. The van der Waals surface area contributed by atoms with Crippen molar-refractivity contribution < 1.29 is 9.84 Å². The first-order valence-electron chi connectivity index (χ1n) is 5.15. The first-order chi connectivity index (χ1) is 7.92. The van der Waals surface area contributed by atoms with Crippen molar-refractivity contribution in [1.29, 1.82) is 0 Å². The molecule has 0 bridgehead atoms. The third kappa shape index (κ3) is 2.38. The van der Waals surface area contributed by atoms with E-state index in [4.69, 9.17) is 9.84 Å². The Balaban J connectivity index is 2.33. The van der Waals surface area contributed by atoms with E-state index in [2.05, 4.69) is 4.98 Å². The Hall–Kier alpha value is -1.87. The van der Waals surface area contributed by atoms with Crippen LogP contribution < -0.4 is 4.74 Å². The van der Waals surface area contributed by atoms with Crippen LogP contribution in [-0.2, 0) is 0 Å². The Morgan fingerprint density at radius 2 is 2.00 bits per heavy atom. The standard InChI is InChI=1S/C13H13NO2/c15-8-9-16-13-6-2-1-5-12(13)11-4-3-7-14-10-11/h1-7,10,15H,8-9H2. The molecular weight excluding hydrogens is 202 g/mol. The lowest BCUT2D eigenvalue weighted by Gasteiger charge is -2.09. The van der Waals surface area contributed by atoms with Gasteiger partial charge in [-0.15, -0.1) is 0 Å².